The number of carbonyl (C=O) groups excluding carboxylic acids is 1. The number of fused-ring (bicyclic) bond motifs is 1. The number of hydrogen-bond donors (Lipinski definition) is 1. The number of thioether (sulfide) groups is 1. The Morgan fingerprint density at radius 1 is 1.33 bits per heavy atom. The molecule has 30 heavy (non-hydrogen) atoms. The summed E-state index contributed by atoms with van der Waals surface area (Å²) in [6, 6.07) is 6.22. The van der Waals surface area contributed by atoms with Gasteiger partial charge in [0.15, 0.2) is 10.8 Å². The van der Waals surface area contributed by atoms with Gasteiger partial charge in [-0.3, -0.25) is 14.2 Å². The van der Waals surface area contributed by atoms with E-state index in [1.807, 2.05) is 0 Å². The number of anilines is 1. The summed E-state index contributed by atoms with van der Waals surface area (Å²) in [7, 11) is 0. The molecule has 156 valence electrons. The molecule has 1 amide bonds. The Bertz CT molecular complexity index is 1150. The second-order valence-electron chi connectivity index (χ2n) is 6.78. The Kier molecular flexibility index (Phi) is 6.05. The number of rotatable bonds is 6. The number of halogens is 2. The molecule has 3 heterocycles. The Hall–Kier alpha value is -2.85. The van der Waals surface area contributed by atoms with Crippen molar-refractivity contribution >= 4 is 34.4 Å². The third-order valence-corrected chi connectivity index (χ3v) is 5.62. The largest absolute Gasteiger partial charge is 0.376 e. The monoisotopic (exact) mass is 432 g/mol. The van der Waals surface area contributed by atoms with Gasteiger partial charge in [-0.1, -0.05) is 11.8 Å². The van der Waals surface area contributed by atoms with Crippen LogP contribution < -0.4 is 10.9 Å². The number of nitrogens with one attached hydrogen (secondary N) is 1. The molecule has 2 aromatic heterocycles. The molecule has 3 aromatic rings. The third-order valence-electron chi connectivity index (χ3n) is 4.64. The SMILES string of the molecule is O=C(CSc1nc2ncccc2c(=O)n1C[C@@H]1CCCO1)Nc1ccc(F)cc1F. The van der Waals surface area contributed by atoms with E-state index in [0.29, 0.717) is 35.4 Å². The number of carbonyl (C=O) groups is 1. The quantitative estimate of drug-likeness (QED) is 0.476. The van der Waals surface area contributed by atoms with Crippen molar-refractivity contribution in [1.82, 2.24) is 14.5 Å². The molecule has 0 aliphatic carbocycles. The van der Waals surface area contributed by atoms with E-state index >= 15 is 0 Å². The van der Waals surface area contributed by atoms with Crippen LogP contribution in [-0.2, 0) is 16.1 Å². The van der Waals surface area contributed by atoms with Crippen LogP contribution in [0.15, 0.2) is 46.5 Å². The van der Waals surface area contributed by atoms with Crippen LogP contribution in [0.25, 0.3) is 11.0 Å². The number of pyridine rings is 1. The molecule has 1 aliphatic heterocycles. The van der Waals surface area contributed by atoms with E-state index in [1.165, 1.54) is 10.8 Å². The van der Waals surface area contributed by atoms with Gasteiger partial charge in [-0.2, -0.15) is 0 Å². The lowest BCUT2D eigenvalue weighted by Gasteiger charge is -2.16. The Morgan fingerprint density at radius 2 is 2.20 bits per heavy atom. The highest BCUT2D eigenvalue weighted by atomic mass is 32.2. The maximum absolute atomic E-state index is 13.8. The summed E-state index contributed by atoms with van der Waals surface area (Å²) in [5.74, 6) is -2.22. The van der Waals surface area contributed by atoms with Gasteiger partial charge in [-0.25, -0.2) is 18.7 Å². The van der Waals surface area contributed by atoms with Gasteiger partial charge in [0.05, 0.1) is 29.5 Å². The Labute approximate surface area is 174 Å². The summed E-state index contributed by atoms with van der Waals surface area (Å²) in [5, 5.41) is 3.11. The fraction of sp³-hybridized carbons (Fsp3) is 0.300. The highest BCUT2D eigenvalue weighted by Crippen LogP contribution is 2.21. The van der Waals surface area contributed by atoms with Crippen molar-refractivity contribution in [3.63, 3.8) is 0 Å². The molecule has 0 unspecified atom stereocenters. The van der Waals surface area contributed by atoms with Crippen LogP contribution >= 0.6 is 11.8 Å². The van der Waals surface area contributed by atoms with Crippen molar-refractivity contribution in [3.05, 3.63) is 58.5 Å². The number of nitrogens with zero attached hydrogens (tertiary/aromatic N) is 3. The fourth-order valence-corrected chi connectivity index (χ4v) is 4.00. The normalized spacial score (nSPS) is 16.1. The summed E-state index contributed by atoms with van der Waals surface area (Å²) in [5.41, 5.74) is -0.0819. The molecule has 7 nitrogen and oxygen atoms in total. The smallest absolute Gasteiger partial charge is 0.263 e. The lowest BCUT2D eigenvalue weighted by Crippen LogP contribution is -2.29. The first kappa shape index (κ1) is 20.4. The fourth-order valence-electron chi connectivity index (χ4n) is 3.21. The molecule has 1 saturated heterocycles. The zero-order chi connectivity index (χ0) is 21.1. The lowest BCUT2D eigenvalue weighted by atomic mass is 10.2. The predicted octanol–water partition coefficient (Wildman–Crippen LogP) is 2.98. The van der Waals surface area contributed by atoms with Crippen LogP contribution in [0.5, 0.6) is 0 Å². The number of aromatic nitrogens is 3. The van der Waals surface area contributed by atoms with Gasteiger partial charge in [-0.05, 0) is 37.1 Å². The molecule has 0 radical (unpaired) electrons. The minimum Gasteiger partial charge on any atom is -0.376 e. The molecule has 1 N–H and O–H groups in total. The predicted molar refractivity (Wildman–Crippen MR) is 108 cm³/mol. The van der Waals surface area contributed by atoms with Gasteiger partial charge in [-0.15, -0.1) is 0 Å². The summed E-state index contributed by atoms with van der Waals surface area (Å²) in [6.45, 7) is 0.976. The Morgan fingerprint density at radius 3 is 2.97 bits per heavy atom. The first-order valence-electron chi connectivity index (χ1n) is 9.36. The van der Waals surface area contributed by atoms with E-state index in [-0.39, 0.29) is 23.1 Å². The van der Waals surface area contributed by atoms with Crippen molar-refractivity contribution in [2.75, 3.05) is 17.7 Å². The first-order valence-corrected chi connectivity index (χ1v) is 10.3. The molecule has 0 bridgehead atoms. The van der Waals surface area contributed by atoms with E-state index in [1.54, 1.807) is 12.1 Å². The molecular weight excluding hydrogens is 414 g/mol. The molecule has 0 spiro atoms. The van der Waals surface area contributed by atoms with Crippen LogP contribution in [-0.4, -0.2) is 38.9 Å². The lowest BCUT2D eigenvalue weighted by molar-refractivity contribution is -0.113. The first-order chi connectivity index (χ1) is 14.5. The van der Waals surface area contributed by atoms with E-state index in [2.05, 4.69) is 15.3 Å². The Balaban J connectivity index is 1.56. The number of hydrogen-bond acceptors (Lipinski definition) is 6. The maximum atomic E-state index is 13.8. The van der Waals surface area contributed by atoms with Crippen molar-refractivity contribution in [2.24, 2.45) is 0 Å². The topological polar surface area (TPSA) is 86.1 Å². The van der Waals surface area contributed by atoms with E-state index in [0.717, 1.165) is 36.7 Å². The average molecular weight is 432 g/mol. The molecule has 1 aromatic carbocycles. The van der Waals surface area contributed by atoms with Gasteiger partial charge in [0.1, 0.15) is 11.6 Å². The van der Waals surface area contributed by atoms with Gasteiger partial charge >= 0.3 is 0 Å². The van der Waals surface area contributed by atoms with E-state index < -0.39 is 17.5 Å². The third kappa shape index (κ3) is 4.49. The van der Waals surface area contributed by atoms with Crippen molar-refractivity contribution in [3.8, 4) is 0 Å². The van der Waals surface area contributed by atoms with Crippen LogP contribution in [0.3, 0.4) is 0 Å². The number of benzene rings is 1. The molecule has 0 saturated carbocycles. The van der Waals surface area contributed by atoms with Gasteiger partial charge in [0.2, 0.25) is 5.91 Å². The molecule has 4 rings (SSSR count). The summed E-state index contributed by atoms with van der Waals surface area (Å²) in [6.07, 6.45) is 3.21. The number of amides is 1. The molecule has 1 fully saturated rings. The summed E-state index contributed by atoms with van der Waals surface area (Å²) in [4.78, 5) is 33.8. The molecular formula is C20H18F2N4O3S. The molecule has 10 heteroatoms. The van der Waals surface area contributed by atoms with Gasteiger partial charge in [0.25, 0.3) is 5.56 Å². The van der Waals surface area contributed by atoms with Crippen LogP contribution in [0.2, 0.25) is 0 Å². The zero-order valence-corrected chi connectivity index (χ0v) is 16.6. The molecule has 1 aliphatic rings. The van der Waals surface area contributed by atoms with Crippen LogP contribution in [0.1, 0.15) is 12.8 Å². The second-order valence-corrected chi connectivity index (χ2v) is 7.72. The van der Waals surface area contributed by atoms with Gasteiger partial charge < -0.3 is 10.1 Å². The van der Waals surface area contributed by atoms with Crippen molar-refractivity contribution in [1.29, 1.82) is 0 Å². The maximum Gasteiger partial charge on any atom is 0.263 e. The number of ether oxygens (including phenoxy) is 1. The van der Waals surface area contributed by atoms with Crippen molar-refractivity contribution in [2.45, 2.75) is 30.6 Å². The highest BCUT2D eigenvalue weighted by Gasteiger charge is 2.21. The summed E-state index contributed by atoms with van der Waals surface area (Å²) < 4.78 is 33.9. The standard InChI is InChI=1S/C20H18F2N4O3S/c21-12-5-6-16(15(22)9-12)24-17(27)11-30-20-25-18-14(4-1-7-23-18)19(28)26(20)10-13-3-2-8-29-13/h1,4-7,9,13H,2-3,8,10-11H2,(H,24,27)/t13-/m0/s1. The summed E-state index contributed by atoms with van der Waals surface area (Å²) >= 11 is 1.04. The average Bonchev–Trinajstić information content (AvgIpc) is 3.24. The zero-order valence-electron chi connectivity index (χ0n) is 15.8. The minimum absolute atomic E-state index is 0.0971. The van der Waals surface area contributed by atoms with E-state index in [9.17, 15) is 18.4 Å². The van der Waals surface area contributed by atoms with E-state index in [4.69, 9.17) is 4.74 Å². The van der Waals surface area contributed by atoms with Crippen LogP contribution in [0, 0.1) is 11.6 Å². The molecule has 1 atom stereocenters. The van der Waals surface area contributed by atoms with Gasteiger partial charge in [0, 0.05) is 18.9 Å². The second kappa shape index (κ2) is 8.88. The minimum atomic E-state index is -0.864. The van der Waals surface area contributed by atoms with Crippen LogP contribution in [0.4, 0.5) is 14.5 Å². The van der Waals surface area contributed by atoms with Crippen molar-refractivity contribution < 1.29 is 18.3 Å². The highest BCUT2D eigenvalue weighted by molar-refractivity contribution is 7.99.